The van der Waals surface area contributed by atoms with Crippen LogP contribution in [0.25, 0.3) is 0 Å². The zero-order chi connectivity index (χ0) is 15.5. The van der Waals surface area contributed by atoms with E-state index < -0.39 is 41.0 Å². The first-order valence-electron chi connectivity index (χ1n) is 5.33. The van der Waals surface area contributed by atoms with Crippen LogP contribution in [0.3, 0.4) is 0 Å². The van der Waals surface area contributed by atoms with Crippen LogP contribution in [0.15, 0.2) is 17.0 Å². The first-order valence-corrected chi connectivity index (χ1v) is 7.53. The van der Waals surface area contributed by atoms with E-state index in [-0.39, 0.29) is 15.7 Å². The number of sulfonamides is 1. The maximum atomic E-state index is 12.4. The Morgan fingerprint density at radius 3 is 2.40 bits per heavy atom. The summed E-state index contributed by atoms with van der Waals surface area (Å²) in [6.45, 7) is -2.18. The third kappa shape index (κ3) is 3.92. The molecular weight excluding hydrogens is 337 g/mol. The van der Waals surface area contributed by atoms with Crippen LogP contribution in [0.5, 0.6) is 0 Å². The lowest BCUT2D eigenvalue weighted by atomic mass is 10.3. The van der Waals surface area contributed by atoms with Crippen molar-refractivity contribution < 1.29 is 22.3 Å². The molecule has 0 saturated heterocycles. The number of anilines is 1. The summed E-state index contributed by atoms with van der Waals surface area (Å²) in [5.41, 5.74) is 5.30. The van der Waals surface area contributed by atoms with Crippen LogP contribution in [-0.2, 0) is 10.0 Å². The highest BCUT2D eigenvalue weighted by Crippen LogP contribution is 2.33. The molecule has 0 atom stereocenters. The standard InChI is InChI=1S/C10H12Cl2F2N2O3S/c11-6-3-7(12)10(8(15)4-6)20(18,19)16(1-2-17)5-9(13)14/h3-4,9,17H,1-2,5,15H2. The Hall–Kier alpha value is -0.670. The van der Waals surface area contributed by atoms with E-state index in [2.05, 4.69) is 0 Å². The average molecular weight is 349 g/mol. The predicted molar refractivity (Wildman–Crippen MR) is 72.7 cm³/mol. The molecule has 5 nitrogen and oxygen atoms in total. The highest BCUT2D eigenvalue weighted by atomic mass is 35.5. The molecule has 0 bridgehead atoms. The molecule has 10 heteroatoms. The first kappa shape index (κ1) is 17.4. The molecule has 0 saturated carbocycles. The maximum absolute atomic E-state index is 12.4. The Morgan fingerprint density at radius 2 is 1.95 bits per heavy atom. The molecule has 0 aliphatic carbocycles. The number of benzene rings is 1. The fraction of sp³-hybridized carbons (Fsp3) is 0.400. The molecule has 0 heterocycles. The monoisotopic (exact) mass is 348 g/mol. The zero-order valence-electron chi connectivity index (χ0n) is 10.1. The number of aliphatic hydroxyl groups is 1. The molecule has 0 amide bonds. The number of nitrogens with two attached hydrogens (primary N) is 1. The molecule has 20 heavy (non-hydrogen) atoms. The minimum absolute atomic E-state index is 0.119. The molecule has 3 N–H and O–H groups in total. The molecular formula is C10H12Cl2F2N2O3S. The van der Waals surface area contributed by atoms with Crippen molar-refractivity contribution in [3.8, 4) is 0 Å². The minimum Gasteiger partial charge on any atom is -0.398 e. The maximum Gasteiger partial charge on any atom is 0.252 e. The molecule has 0 spiro atoms. The van der Waals surface area contributed by atoms with E-state index in [0.29, 0.717) is 4.31 Å². The Balaban J connectivity index is 3.33. The van der Waals surface area contributed by atoms with Gasteiger partial charge in [0.2, 0.25) is 10.0 Å². The average Bonchev–Trinajstić information content (AvgIpc) is 2.25. The van der Waals surface area contributed by atoms with Crippen molar-refractivity contribution in [1.82, 2.24) is 4.31 Å². The number of nitrogens with zero attached hydrogens (tertiary/aromatic N) is 1. The third-order valence-electron chi connectivity index (χ3n) is 2.33. The molecule has 1 aromatic carbocycles. The van der Waals surface area contributed by atoms with Crippen molar-refractivity contribution >= 4 is 38.9 Å². The zero-order valence-corrected chi connectivity index (χ0v) is 12.4. The topological polar surface area (TPSA) is 83.6 Å². The van der Waals surface area contributed by atoms with Crippen molar-refractivity contribution in [3.05, 3.63) is 22.2 Å². The van der Waals surface area contributed by atoms with Gasteiger partial charge in [0.05, 0.1) is 23.9 Å². The number of halogens is 4. The molecule has 0 aromatic heterocycles. The van der Waals surface area contributed by atoms with Crippen LogP contribution in [0.4, 0.5) is 14.5 Å². The van der Waals surface area contributed by atoms with E-state index in [1.165, 1.54) is 0 Å². The van der Waals surface area contributed by atoms with E-state index >= 15 is 0 Å². The summed E-state index contributed by atoms with van der Waals surface area (Å²) in [5.74, 6) is 0. The lowest BCUT2D eigenvalue weighted by molar-refractivity contribution is 0.113. The van der Waals surface area contributed by atoms with E-state index in [0.717, 1.165) is 12.1 Å². The van der Waals surface area contributed by atoms with Gasteiger partial charge in [-0.2, -0.15) is 4.31 Å². The van der Waals surface area contributed by atoms with Crippen molar-refractivity contribution in [1.29, 1.82) is 0 Å². The SMILES string of the molecule is Nc1cc(Cl)cc(Cl)c1S(=O)(=O)N(CCO)CC(F)F. The number of hydrogen-bond acceptors (Lipinski definition) is 4. The van der Waals surface area contributed by atoms with Crippen LogP contribution in [0, 0.1) is 0 Å². The summed E-state index contributed by atoms with van der Waals surface area (Å²) in [7, 11) is -4.36. The van der Waals surface area contributed by atoms with Crippen LogP contribution < -0.4 is 5.73 Å². The quantitative estimate of drug-likeness (QED) is 0.768. The Morgan fingerprint density at radius 1 is 1.35 bits per heavy atom. The molecule has 0 radical (unpaired) electrons. The summed E-state index contributed by atoms with van der Waals surface area (Å²) in [5, 5.41) is 8.65. The molecule has 1 aromatic rings. The third-order valence-corrected chi connectivity index (χ3v) is 4.94. The van der Waals surface area contributed by atoms with Gasteiger partial charge in [0.25, 0.3) is 6.43 Å². The lowest BCUT2D eigenvalue weighted by Gasteiger charge is -2.22. The van der Waals surface area contributed by atoms with Crippen molar-refractivity contribution in [2.24, 2.45) is 0 Å². The fourth-order valence-corrected chi connectivity index (χ4v) is 3.91. The van der Waals surface area contributed by atoms with Crippen LogP contribution in [0.1, 0.15) is 0 Å². The number of hydrogen-bond donors (Lipinski definition) is 2. The van der Waals surface area contributed by atoms with Crippen LogP contribution >= 0.6 is 23.2 Å². The number of aliphatic hydroxyl groups excluding tert-OH is 1. The normalized spacial score (nSPS) is 12.3. The second kappa shape index (κ2) is 6.86. The van der Waals surface area contributed by atoms with Gasteiger partial charge < -0.3 is 10.8 Å². The van der Waals surface area contributed by atoms with Crippen LogP contribution in [0.2, 0.25) is 10.0 Å². The minimum atomic E-state index is -4.36. The lowest BCUT2D eigenvalue weighted by Crippen LogP contribution is -2.37. The second-order valence-electron chi connectivity index (χ2n) is 3.78. The van der Waals surface area contributed by atoms with Crippen LogP contribution in [-0.4, -0.2) is 44.0 Å². The van der Waals surface area contributed by atoms with E-state index in [1.807, 2.05) is 0 Å². The van der Waals surface area contributed by atoms with Gasteiger partial charge in [0, 0.05) is 11.6 Å². The van der Waals surface area contributed by atoms with Crippen molar-refractivity contribution in [3.63, 3.8) is 0 Å². The molecule has 0 fully saturated rings. The second-order valence-corrected chi connectivity index (χ2v) is 6.50. The molecule has 0 aliphatic rings. The van der Waals surface area contributed by atoms with Gasteiger partial charge >= 0.3 is 0 Å². The Bertz CT molecular complexity index is 561. The van der Waals surface area contributed by atoms with Gasteiger partial charge in [-0.05, 0) is 12.1 Å². The smallest absolute Gasteiger partial charge is 0.252 e. The molecule has 114 valence electrons. The van der Waals surface area contributed by atoms with Gasteiger partial charge in [-0.3, -0.25) is 0 Å². The fourth-order valence-electron chi connectivity index (χ4n) is 1.56. The van der Waals surface area contributed by atoms with E-state index in [4.69, 9.17) is 34.0 Å². The summed E-state index contributed by atoms with van der Waals surface area (Å²) >= 11 is 11.4. The van der Waals surface area contributed by atoms with Gasteiger partial charge in [-0.25, -0.2) is 17.2 Å². The van der Waals surface area contributed by atoms with Crippen molar-refractivity contribution in [2.45, 2.75) is 11.3 Å². The molecule has 0 unspecified atom stereocenters. The summed E-state index contributed by atoms with van der Waals surface area (Å²) in [6.07, 6.45) is -2.90. The Labute approximate surface area is 124 Å². The highest BCUT2D eigenvalue weighted by molar-refractivity contribution is 7.89. The first-order chi connectivity index (χ1) is 9.20. The van der Waals surface area contributed by atoms with E-state index in [9.17, 15) is 17.2 Å². The number of rotatable bonds is 6. The highest BCUT2D eigenvalue weighted by Gasteiger charge is 2.31. The summed E-state index contributed by atoms with van der Waals surface area (Å²) in [4.78, 5) is -0.502. The number of alkyl halides is 2. The van der Waals surface area contributed by atoms with E-state index in [1.54, 1.807) is 0 Å². The van der Waals surface area contributed by atoms with Gasteiger partial charge in [0.1, 0.15) is 4.90 Å². The van der Waals surface area contributed by atoms with Gasteiger partial charge in [-0.1, -0.05) is 23.2 Å². The summed E-state index contributed by atoms with van der Waals surface area (Å²) < 4.78 is 49.9. The van der Waals surface area contributed by atoms with Gasteiger partial charge in [0.15, 0.2) is 0 Å². The Kier molecular flexibility index (Phi) is 5.96. The van der Waals surface area contributed by atoms with Crippen molar-refractivity contribution in [2.75, 3.05) is 25.4 Å². The largest absolute Gasteiger partial charge is 0.398 e. The summed E-state index contributed by atoms with van der Waals surface area (Å²) in [6, 6.07) is 2.30. The molecule has 0 aliphatic heterocycles. The van der Waals surface area contributed by atoms with Gasteiger partial charge in [-0.15, -0.1) is 0 Å². The predicted octanol–water partition coefficient (Wildman–Crippen LogP) is 1.82. The molecule has 1 rings (SSSR count). The number of nitrogen functional groups attached to an aromatic ring is 1.